The van der Waals surface area contributed by atoms with Gasteiger partial charge in [-0.25, -0.2) is 8.78 Å². The number of rotatable bonds is 4. The highest BCUT2D eigenvalue weighted by Gasteiger charge is 2.19. The molecule has 1 aliphatic heterocycles. The number of benzene rings is 2. The number of hydrogen-bond donors (Lipinski definition) is 2. The standard InChI is InChI=1S/C18H18F2N2O2/c1-11(24-13-5-6-15(19)16(20)9-13)18(23)22-17-4-2-3-12-7-8-21-10-14(12)17/h2-6,9,11,21H,7-8,10H2,1H3,(H,22,23). The van der Waals surface area contributed by atoms with Crippen molar-refractivity contribution in [1.82, 2.24) is 5.32 Å². The van der Waals surface area contributed by atoms with Gasteiger partial charge in [-0.15, -0.1) is 0 Å². The summed E-state index contributed by atoms with van der Waals surface area (Å²) in [4.78, 5) is 12.3. The minimum Gasteiger partial charge on any atom is -0.481 e. The smallest absolute Gasteiger partial charge is 0.265 e. The van der Waals surface area contributed by atoms with Gasteiger partial charge in [-0.2, -0.15) is 0 Å². The van der Waals surface area contributed by atoms with Crippen molar-refractivity contribution in [3.63, 3.8) is 0 Å². The third-order valence-corrected chi connectivity index (χ3v) is 3.98. The molecule has 0 spiro atoms. The van der Waals surface area contributed by atoms with Gasteiger partial charge in [0.1, 0.15) is 5.75 Å². The van der Waals surface area contributed by atoms with Crippen LogP contribution in [0.2, 0.25) is 0 Å². The molecule has 0 saturated heterocycles. The van der Waals surface area contributed by atoms with Gasteiger partial charge in [0.15, 0.2) is 17.7 Å². The first-order valence-electron chi connectivity index (χ1n) is 7.78. The minimum absolute atomic E-state index is 0.105. The van der Waals surface area contributed by atoms with E-state index >= 15 is 0 Å². The van der Waals surface area contributed by atoms with Crippen molar-refractivity contribution in [2.75, 3.05) is 11.9 Å². The zero-order valence-corrected chi connectivity index (χ0v) is 13.2. The molecule has 0 bridgehead atoms. The third kappa shape index (κ3) is 3.54. The van der Waals surface area contributed by atoms with E-state index in [1.807, 2.05) is 18.2 Å². The molecule has 1 aliphatic rings. The highest BCUT2D eigenvalue weighted by molar-refractivity contribution is 5.95. The lowest BCUT2D eigenvalue weighted by Crippen LogP contribution is -2.32. The number of hydrogen-bond acceptors (Lipinski definition) is 3. The van der Waals surface area contributed by atoms with Crippen molar-refractivity contribution in [2.45, 2.75) is 26.0 Å². The molecule has 0 aromatic heterocycles. The number of carbonyl (C=O) groups excluding carboxylic acids is 1. The monoisotopic (exact) mass is 332 g/mol. The van der Waals surface area contributed by atoms with Crippen molar-refractivity contribution in [3.8, 4) is 5.75 Å². The Balaban J connectivity index is 1.69. The van der Waals surface area contributed by atoms with Crippen LogP contribution in [0.5, 0.6) is 5.75 Å². The first-order valence-corrected chi connectivity index (χ1v) is 7.78. The van der Waals surface area contributed by atoms with E-state index in [0.29, 0.717) is 6.54 Å². The molecule has 0 aliphatic carbocycles. The van der Waals surface area contributed by atoms with Crippen LogP contribution in [0.25, 0.3) is 0 Å². The van der Waals surface area contributed by atoms with Gasteiger partial charge in [0.05, 0.1) is 0 Å². The maximum atomic E-state index is 13.2. The number of carbonyl (C=O) groups is 1. The van der Waals surface area contributed by atoms with Gasteiger partial charge in [-0.3, -0.25) is 4.79 Å². The quantitative estimate of drug-likeness (QED) is 0.905. The van der Waals surface area contributed by atoms with E-state index in [2.05, 4.69) is 10.6 Å². The van der Waals surface area contributed by atoms with Gasteiger partial charge in [0.2, 0.25) is 0 Å². The summed E-state index contributed by atoms with van der Waals surface area (Å²) in [5, 5.41) is 6.12. The van der Waals surface area contributed by atoms with Crippen LogP contribution in [0.3, 0.4) is 0 Å². The summed E-state index contributed by atoms with van der Waals surface area (Å²) in [7, 11) is 0. The van der Waals surface area contributed by atoms with Gasteiger partial charge < -0.3 is 15.4 Å². The molecule has 2 aromatic carbocycles. The predicted octanol–water partition coefficient (Wildman–Crippen LogP) is 3.02. The highest BCUT2D eigenvalue weighted by atomic mass is 19.2. The molecular weight excluding hydrogens is 314 g/mol. The molecule has 1 atom stereocenters. The first-order chi connectivity index (χ1) is 11.5. The fourth-order valence-corrected chi connectivity index (χ4v) is 2.67. The Morgan fingerprint density at radius 3 is 2.88 bits per heavy atom. The molecule has 1 heterocycles. The van der Waals surface area contributed by atoms with Crippen LogP contribution in [0.4, 0.5) is 14.5 Å². The first kappa shape index (κ1) is 16.4. The molecule has 6 heteroatoms. The van der Waals surface area contributed by atoms with Crippen molar-refractivity contribution in [1.29, 1.82) is 0 Å². The van der Waals surface area contributed by atoms with E-state index in [-0.39, 0.29) is 11.7 Å². The highest BCUT2D eigenvalue weighted by Crippen LogP contribution is 2.23. The van der Waals surface area contributed by atoms with Crippen molar-refractivity contribution >= 4 is 11.6 Å². The van der Waals surface area contributed by atoms with Crippen LogP contribution in [0.15, 0.2) is 36.4 Å². The molecule has 24 heavy (non-hydrogen) atoms. The van der Waals surface area contributed by atoms with Crippen LogP contribution in [0.1, 0.15) is 18.1 Å². The topological polar surface area (TPSA) is 50.4 Å². The number of halogens is 2. The molecule has 126 valence electrons. The molecule has 2 N–H and O–H groups in total. The third-order valence-electron chi connectivity index (χ3n) is 3.98. The van der Waals surface area contributed by atoms with Gasteiger partial charge >= 0.3 is 0 Å². The largest absolute Gasteiger partial charge is 0.481 e. The van der Waals surface area contributed by atoms with E-state index in [9.17, 15) is 13.6 Å². The SMILES string of the molecule is CC(Oc1ccc(F)c(F)c1)C(=O)Nc1cccc2c1CNCC2. The maximum absolute atomic E-state index is 13.2. The number of nitrogens with one attached hydrogen (secondary N) is 2. The summed E-state index contributed by atoms with van der Waals surface area (Å²) in [6.45, 7) is 3.18. The molecular formula is C18H18F2N2O2. The summed E-state index contributed by atoms with van der Waals surface area (Å²) >= 11 is 0. The van der Waals surface area contributed by atoms with Crippen molar-refractivity contribution in [3.05, 3.63) is 59.2 Å². The Bertz CT molecular complexity index is 765. The zero-order chi connectivity index (χ0) is 17.1. The van der Waals surface area contributed by atoms with Gasteiger partial charge in [-0.05, 0) is 49.2 Å². The molecule has 3 rings (SSSR count). The average Bonchev–Trinajstić information content (AvgIpc) is 2.58. The van der Waals surface area contributed by atoms with Crippen LogP contribution in [0, 0.1) is 11.6 Å². The lowest BCUT2D eigenvalue weighted by atomic mass is 9.99. The molecule has 0 radical (unpaired) electrons. The Morgan fingerprint density at radius 1 is 1.25 bits per heavy atom. The fourth-order valence-electron chi connectivity index (χ4n) is 2.67. The van der Waals surface area contributed by atoms with E-state index in [1.165, 1.54) is 11.6 Å². The van der Waals surface area contributed by atoms with Gasteiger partial charge in [-0.1, -0.05) is 12.1 Å². The van der Waals surface area contributed by atoms with Crippen molar-refractivity contribution in [2.24, 2.45) is 0 Å². The molecule has 1 amide bonds. The summed E-state index contributed by atoms with van der Waals surface area (Å²) < 4.78 is 31.5. The lowest BCUT2D eigenvalue weighted by molar-refractivity contribution is -0.122. The fraction of sp³-hybridized carbons (Fsp3) is 0.278. The van der Waals surface area contributed by atoms with E-state index in [4.69, 9.17) is 4.74 Å². The van der Waals surface area contributed by atoms with Crippen LogP contribution < -0.4 is 15.4 Å². The molecule has 4 nitrogen and oxygen atoms in total. The van der Waals surface area contributed by atoms with E-state index in [0.717, 1.165) is 36.3 Å². The van der Waals surface area contributed by atoms with Gasteiger partial charge in [0, 0.05) is 18.3 Å². The molecule has 0 saturated carbocycles. The normalized spacial score (nSPS) is 14.6. The van der Waals surface area contributed by atoms with E-state index in [1.54, 1.807) is 6.92 Å². The molecule has 1 unspecified atom stereocenters. The van der Waals surface area contributed by atoms with Gasteiger partial charge in [0.25, 0.3) is 5.91 Å². The predicted molar refractivity (Wildman–Crippen MR) is 86.9 cm³/mol. The minimum atomic E-state index is -1.01. The maximum Gasteiger partial charge on any atom is 0.265 e. The Labute approximate surface area is 138 Å². The van der Waals surface area contributed by atoms with Crippen LogP contribution in [-0.2, 0) is 17.8 Å². The zero-order valence-electron chi connectivity index (χ0n) is 13.2. The molecule has 2 aromatic rings. The Hall–Kier alpha value is -2.47. The van der Waals surface area contributed by atoms with Crippen LogP contribution >= 0.6 is 0 Å². The second-order valence-corrected chi connectivity index (χ2v) is 5.70. The number of amides is 1. The van der Waals surface area contributed by atoms with Crippen LogP contribution in [-0.4, -0.2) is 18.6 Å². The summed E-state index contributed by atoms with van der Waals surface area (Å²) in [5.74, 6) is -2.21. The number of fused-ring (bicyclic) bond motifs is 1. The lowest BCUT2D eigenvalue weighted by Gasteiger charge is -2.22. The Morgan fingerprint density at radius 2 is 2.08 bits per heavy atom. The number of anilines is 1. The summed E-state index contributed by atoms with van der Waals surface area (Å²) in [6.07, 6.45) is 0.0715. The second kappa shape index (κ2) is 6.97. The molecule has 0 fully saturated rings. The van der Waals surface area contributed by atoms with Crippen molar-refractivity contribution < 1.29 is 18.3 Å². The number of ether oxygens (including phenoxy) is 1. The summed E-state index contributed by atoms with van der Waals surface area (Å²) in [5.41, 5.74) is 3.02. The average molecular weight is 332 g/mol. The Kier molecular flexibility index (Phi) is 4.76. The van der Waals surface area contributed by atoms with E-state index < -0.39 is 17.7 Å². The second-order valence-electron chi connectivity index (χ2n) is 5.70. The summed E-state index contributed by atoms with van der Waals surface area (Å²) in [6, 6.07) is 8.97.